The topological polar surface area (TPSA) is 24.5 Å². The molecule has 18 heavy (non-hydrogen) atoms. The minimum Gasteiger partial charge on any atom is -0.381 e. The van der Waals surface area contributed by atoms with Gasteiger partial charge in [-0.2, -0.15) is 0 Å². The summed E-state index contributed by atoms with van der Waals surface area (Å²) in [6.07, 6.45) is 2.44. The van der Waals surface area contributed by atoms with Gasteiger partial charge in [0.05, 0.1) is 0 Å². The van der Waals surface area contributed by atoms with E-state index < -0.39 is 0 Å². The summed E-state index contributed by atoms with van der Waals surface area (Å²) in [5, 5.41) is 3.63. The zero-order valence-electron chi connectivity index (χ0n) is 12.5. The third-order valence-corrected chi connectivity index (χ3v) is 4.71. The minimum absolute atomic E-state index is 0.461. The van der Waals surface area contributed by atoms with E-state index in [-0.39, 0.29) is 0 Å². The maximum atomic E-state index is 5.52. The van der Waals surface area contributed by atoms with Gasteiger partial charge in [0.15, 0.2) is 0 Å². The van der Waals surface area contributed by atoms with Crippen LogP contribution in [0.1, 0.15) is 40.5 Å². The average molecular weight is 254 g/mol. The van der Waals surface area contributed by atoms with Gasteiger partial charge in [0.2, 0.25) is 0 Å². The molecule has 2 heterocycles. The summed E-state index contributed by atoms with van der Waals surface area (Å²) in [6, 6.07) is 1.32. The Kier molecular flexibility index (Phi) is 4.68. The summed E-state index contributed by atoms with van der Waals surface area (Å²) in [5.74, 6) is 0.730. The van der Waals surface area contributed by atoms with Gasteiger partial charge < -0.3 is 10.1 Å². The van der Waals surface area contributed by atoms with Crippen LogP contribution in [0.5, 0.6) is 0 Å². The molecule has 3 nitrogen and oxygen atoms in total. The van der Waals surface area contributed by atoms with Crippen LogP contribution < -0.4 is 5.32 Å². The van der Waals surface area contributed by atoms with Crippen molar-refractivity contribution < 1.29 is 4.74 Å². The maximum Gasteiger partial charge on any atom is 0.0471 e. The Morgan fingerprint density at radius 2 is 2.00 bits per heavy atom. The molecule has 2 saturated heterocycles. The summed E-state index contributed by atoms with van der Waals surface area (Å²) < 4.78 is 5.52. The van der Waals surface area contributed by atoms with Crippen molar-refractivity contribution in [2.24, 2.45) is 11.3 Å². The van der Waals surface area contributed by atoms with Crippen molar-refractivity contribution in [3.63, 3.8) is 0 Å². The molecule has 2 aliphatic heterocycles. The van der Waals surface area contributed by atoms with Crippen molar-refractivity contribution in [2.75, 3.05) is 32.8 Å². The van der Waals surface area contributed by atoms with E-state index in [9.17, 15) is 0 Å². The summed E-state index contributed by atoms with van der Waals surface area (Å²) in [7, 11) is 0. The summed E-state index contributed by atoms with van der Waals surface area (Å²) >= 11 is 0. The molecule has 0 saturated carbocycles. The van der Waals surface area contributed by atoms with Crippen LogP contribution in [0, 0.1) is 11.3 Å². The van der Waals surface area contributed by atoms with E-state index in [1.807, 2.05) is 0 Å². The van der Waals surface area contributed by atoms with Gasteiger partial charge in [-0.1, -0.05) is 20.8 Å². The fourth-order valence-corrected chi connectivity index (χ4v) is 3.35. The van der Waals surface area contributed by atoms with Crippen LogP contribution >= 0.6 is 0 Å². The van der Waals surface area contributed by atoms with Gasteiger partial charge in [-0.05, 0) is 31.1 Å². The van der Waals surface area contributed by atoms with Crippen LogP contribution in [-0.2, 0) is 4.74 Å². The van der Waals surface area contributed by atoms with Gasteiger partial charge >= 0.3 is 0 Å². The van der Waals surface area contributed by atoms with Crippen LogP contribution in [0.2, 0.25) is 0 Å². The van der Waals surface area contributed by atoms with E-state index in [2.05, 4.69) is 37.9 Å². The molecule has 0 aromatic heterocycles. The Bertz CT molecular complexity index is 261. The summed E-state index contributed by atoms with van der Waals surface area (Å²) in [4.78, 5) is 2.73. The van der Waals surface area contributed by atoms with Crippen molar-refractivity contribution in [1.82, 2.24) is 10.2 Å². The van der Waals surface area contributed by atoms with E-state index >= 15 is 0 Å². The molecule has 0 bridgehead atoms. The first-order valence-corrected chi connectivity index (χ1v) is 7.55. The molecule has 2 unspecified atom stereocenters. The second-order valence-corrected chi connectivity index (χ2v) is 6.97. The molecule has 2 atom stereocenters. The Morgan fingerprint density at radius 1 is 1.33 bits per heavy atom. The summed E-state index contributed by atoms with van der Waals surface area (Å²) in [5.41, 5.74) is 0.461. The molecular weight excluding hydrogens is 224 g/mol. The average Bonchev–Trinajstić information content (AvgIpc) is 2.28. The predicted molar refractivity (Wildman–Crippen MR) is 75.8 cm³/mol. The van der Waals surface area contributed by atoms with Crippen LogP contribution in [0.25, 0.3) is 0 Å². The first-order chi connectivity index (χ1) is 8.50. The SMILES string of the molecule is CC1CN(CC2(C)CCOCC2)C(C(C)C)CN1. The van der Waals surface area contributed by atoms with Gasteiger partial charge in [-0.3, -0.25) is 4.90 Å². The van der Waals surface area contributed by atoms with E-state index in [0.29, 0.717) is 17.5 Å². The number of nitrogens with zero attached hydrogens (tertiary/aromatic N) is 1. The maximum absolute atomic E-state index is 5.52. The van der Waals surface area contributed by atoms with Crippen molar-refractivity contribution in [3.8, 4) is 0 Å². The van der Waals surface area contributed by atoms with Crippen LogP contribution in [0.15, 0.2) is 0 Å². The van der Waals surface area contributed by atoms with E-state index in [1.54, 1.807) is 0 Å². The van der Waals surface area contributed by atoms with E-state index in [0.717, 1.165) is 25.7 Å². The Morgan fingerprint density at radius 3 is 2.61 bits per heavy atom. The zero-order valence-corrected chi connectivity index (χ0v) is 12.5. The molecule has 2 aliphatic rings. The Hall–Kier alpha value is -0.120. The highest BCUT2D eigenvalue weighted by Crippen LogP contribution is 2.32. The lowest BCUT2D eigenvalue weighted by atomic mass is 9.81. The van der Waals surface area contributed by atoms with Crippen LogP contribution in [-0.4, -0.2) is 49.8 Å². The third kappa shape index (κ3) is 3.46. The fraction of sp³-hybridized carbons (Fsp3) is 1.00. The van der Waals surface area contributed by atoms with Crippen molar-refractivity contribution in [2.45, 2.75) is 52.6 Å². The van der Waals surface area contributed by atoms with Crippen molar-refractivity contribution in [1.29, 1.82) is 0 Å². The first kappa shape index (κ1) is 14.3. The van der Waals surface area contributed by atoms with Gasteiger partial charge in [0.1, 0.15) is 0 Å². The van der Waals surface area contributed by atoms with Gasteiger partial charge in [0.25, 0.3) is 0 Å². The molecule has 106 valence electrons. The first-order valence-electron chi connectivity index (χ1n) is 7.55. The minimum atomic E-state index is 0.461. The molecule has 0 spiro atoms. The smallest absolute Gasteiger partial charge is 0.0471 e. The number of rotatable bonds is 3. The lowest BCUT2D eigenvalue weighted by Crippen LogP contribution is -2.59. The van der Waals surface area contributed by atoms with Crippen molar-refractivity contribution >= 4 is 0 Å². The number of ether oxygens (including phenoxy) is 1. The lowest BCUT2D eigenvalue weighted by molar-refractivity contribution is -0.0156. The highest BCUT2D eigenvalue weighted by Gasteiger charge is 2.35. The number of hydrogen-bond acceptors (Lipinski definition) is 3. The second kappa shape index (κ2) is 5.89. The molecule has 3 heteroatoms. The van der Waals surface area contributed by atoms with Gasteiger partial charge in [-0.25, -0.2) is 0 Å². The number of nitrogens with one attached hydrogen (secondary N) is 1. The summed E-state index contributed by atoms with van der Waals surface area (Å²) in [6.45, 7) is 14.9. The Labute approximate surface area is 112 Å². The van der Waals surface area contributed by atoms with Gasteiger partial charge in [0, 0.05) is 44.9 Å². The molecule has 2 rings (SSSR count). The highest BCUT2D eigenvalue weighted by molar-refractivity contribution is 4.90. The quantitative estimate of drug-likeness (QED) is 0.835. The van der Waals surface area contributed by atoms with Crippen molar-refractivity contribution in [3.05, 3.63) is 0 Å². The third-order valence-electron chi connectivity index (χ3n) is 4.71. The molecule has 0 aromatic rings. The molecule has 0 amide bonds. The number of hydrogen-bond donors (Lipinski definition) is 1. The normalized spacial score (nSPS) is 33.8. The van der Waals surface area contributed by atoms with Crippen LogP contribution in [0.3, 0.4) is 0 Å². The molecule has 1 N–H and O–H groups in total. The zero-order chi connectivity index (χ0) is 13.2. The Balaban J connectivity index is 1.99. The number of piperazine rings is 1. The molecule has 2 fully saturated rings. The monoisotopic (exact) mass is 254 g/mol. The standard InChI is InChI=1S/C15H30N2O/c1-12(2)14-9-16-13(3)10-17(14)11-15(4)5-7-18-8-6-15/h12-14,16H,5-11H2,1-4H3. The predicted octanol–water partition coefficient (Wildman–Crippen LogP) is 2.12. The molecule has 0 aliphatic carbocycles. The lowest BCUT2D eigenvalue weighted by Gasteiger charge is -2.46. The largest absolute Gasteiger partial charge is 0.381 e. The van der Waals surface area contributed by atoms with E-state index in [4.69, 9.17) is 4.74 Å². The second-order valence-electron chi connectivity index (χ2n) is 6.97. The van der Waals surface area contributed by atoms with Crippen LogP contribution in [0.4, 0.5) is 0 Å². The fourth-order valence-electron chi connectivity index (χ4n) is 3.35. The highest BCUT2D eigenvalue weighted by atomic mass is 16.5. The van der Waals surface area contributed by atoms with E-state index in [1.165, 1.54) is 25.9 Å². The molecular formula is C15H30N2O. The molecule has 0 aromatic carbocycles. The van der Waals surface area contributed by atoms with Gasteiger partial charge in [-0.15, -0.1) is 0 Å². The molecule has 0 radical (unpaired) electrons.